The Labute approximate surface area is 169 Å². The van der Waals surface area contributed by atoms with E-state index >= 15 is 0 Å². The number of aromatic nitrogens is 2. The number of aryl methyl sites for hydroxylation is 1. The lowest BCUT2D eigenvalue weighted by molar-refractivity contribution is 0.288. The molecule has 5 nitrogen and oxygen atoms in total. The van der Waals surface area contributed by atoms with Crippen LogP contribution in [0.3, 0.4) is 0 Å². The smallest absolute Gasteiger partial charge is 0.258 e. The number of benzene rings is 1. The van der Waals surface area contributed by atoms with Gasteiger partial charge in [-0.1, -0.05) is 37.1 Å². The van der Waals surface area contributed by atoms with Gasteiger partial charge in [0.1, 0.15) is 5.65 Å². The van der Waals surface area contributed by atoms with Crippen molar-refractivity contribution in [2.75, 3.05) is 13.7 Å². The normalized spacial score (nSPS) is 11.6. The molecule has 0 amide bonds. The van der Waals surface area contributed by atoms with Crippen LogP contribution in [0.4, 0.5) is 0 Å². The van der Waals surface area contributed by atoms with Crippen molar-refractivity contribution in [1.29, 1.82) is 0 Å². The van der Waals surface area contributed by atoms with Gasteiger partial charge >= 0.3 is 0 Å². The summed E-state index contributed by atoms with van der Waals surface area (Å²) in [7, 11) is 1.61. The molecule has 1 aromatic carbocycles. The summed E-state index contributed by atoms with van der Waals surface area (Å²) in [5.74, 6) is 1.33. The quantitative estimate of drug-likeness (QED) is 0.529. The van der Waals surface area contributed by atoms with Gasteiger partial charge in [0.05, 0.1) is 24.4 Å². The Morgan fingerprint density at radius 2 is 2.04 bits per heavy atom. The van der Waals surface area contributed by atoms with Crippen molar-refractivity contribution in [3.63, 3.8) is 0 Å². The van der Waals surface area contributed by atoms with Crippen molar-refractivity contribution in [2.45, 2.75) is 26.7 Å². The maximum Gasteiger partial charge on any atom is 0.258 e. The fraction of sp³-hybridized carbons (Fsp3) is 0.273. The average molecular weight is 399 g/mol. The van der Waals surface area contributed by atoms with E-state index in [4.69, 9.17) is 21.1 Å². The molecule has 3 rings (SSSR count). The van der Waals surface area contributed by atoms with Gasteiger partial charge in [0.15, 0.2) is 11.5 Å². The van der Waals surface area contributed by atoms with E-state index in [1.54, 1.807) is 25.4 Å². The number of hydrogen-bond donors (Lipinski definition) is 0. The molecule has 28 heavy (non-hydrogen) atoms. The summed E-state index contributed by atoms with van der Waals surface area (Å²) >= 11 is 6.48. The van der Waals surface area contributed by atoms with Crippen molar-refractivity contribution >= 4 is 28.4 Å². The summed E-state index contributed by atoms with van der Waals surface area (Å²) in [4.78, 5) is 16.9. The predicted octanol–water partition coefficient (Wildman–Crippen LogP) is 4.93. The first kappa shape index (κ1) is 20.0. The van der Waals surface area contributed by atoms with Gasteiger partial charge < -0.3 is 9.47 Å². The highest BCUT2D eigenvalue weighted by molar-refractivity contribution is 6.51. The molecule has 0 spiro atoms. The first-order valence-corrected chi connectivity index (χ1v) is 9.58. The van der Waals surface area contributed by atoms with Crippen LogP contribution >= 0.6 is 11.6 Å². The van der Waals surface area contributed by atoms with Crippen molar-refractivity contribution in [1.82, 2.24) is 9.38 Å². The third-order valence-corrected chi connectivity index (χ3v) is 4.59. The minimum Gasteiger partial charge on any atom is -0.493 e. The molecule has 0 bridgehead atoms. The maximum absolute atomic E-state index is 12.4. The molecule has 2 aromatic heterocycles. The van der Waals surface area contributed by atoms with Crippen LogP contribution in [0.15, 0.2) is 47.4 Å². The third kappa shape index (κ3) is 4.54. The summed E-state index contributed by atoms with van der Waals surface area (Å²) in [6, 6.07) is 10.7. The maximum atomic E-state index is 12.4. The van der Waals surface area contributed by atoms with Crippen LogP contribution in [-0.2, 0) is 0 Å². The van der Waals surface area contributed by atoms with E-state index < -0.39 is 0 Å². The Morgan fingerprint density at radius 3 is 2.79 bits per heavy atom. The molecule has 0 saturated heterocycles. The third-order valence-electron chi connectivity index (χ3n) is 4.29. The first-order valence-electron chi connectivity index (χ1n) is 9.20. The molecular weight excluding hydrogens is 376 g/mol. The lowest BCUT2D eigenvalue weighted by Gasteiger charge is -2.11. The van der Waals surface area contributed by atoms with Gasteiger partial charge in [-0.15, -0.1) is 0 Å². The molecule has 0 N–H and O–H groups in total. The van der Waals surface area contributed by atoms with Gasteiger partial charge in [-0.3, -0.25) is 9.20 Å². The van der Waals surface area contributed by atoms with Crippen LogP contribution < -0.4 is 15.0 Å². The van der Waals surface area contributed by atoms with Crippen LogP contribution in [0.2, 0.25) is 0 Å². The van der Waals surface area contributed by atoms with E-state index in [0.29, 0.717) is 34.5 Å². The fourth-order valence-corrected chi connectivity index (χ4v) is 3.00. The zero-order chi connectivity index (χ0) is 20.1. The molecule has 0 radical (unpaired) electrons. The number of fused-ring (bicyclic) bond motifs is 1. The Balaban J connectivity index is 1.94. The lowest BCUT2D eigenvalue weighted by atomic mass is 10.1. The summed E-state index contributed by atoms with van der Waals surface area (Å²) < 4.78 is 12.7. The van der Waals surface area contributed by atoms with Crippen LogP contribution in [-0.4, -0.2) is 23.1 Å². The average Bonchev–Trinajstić information content (AvgIpc) is 2.69. The van der Waals surface area contributed by atoms with Gasteiger partial charge in [-0.05, 0) is 48.7 Å². The highest BCUT2D eigenvalue weighted by Gasteiger charge is 2.09. The van der Waals surface area contributed by atoms with Crippen LogP contribution in [0, 0.1) is 6.92 Å². The van der Waals surface area contributed by atoms with Crippen molar-refractivity contribution in [3.05, 3.63) is 69.8 Å². The summed E-state index contributed by atoms with van der Waals surface area (Å²) in [5, 5.41) is 0.379. The molecular formula is C22H23ClN2O3. The topological polar surface area (TPSA) is 52.8 Å². The Bertz CT molecular complexity index is 1070. The number of nitrogens with zero attached hydrogens (tertiary/aromatic N) is 2. The molecule has 0 fully saturated rings. The van der Waals surface area contributed by atoms with E-state index in [1.807, 2.05) is 31.2 Å². The van der Waals surface area contributed by atoms with Crippen molar-refractivity contribution in [2.24, 2.45) is 0 Å². The molecule has 146 valence electrons. The number of pyridine rings is 1. The lowest BCUT2D eigenvalue weighted by Crippen LogP contribution is -2.15. The summed E-state index contributed by atoms with van der Waals surface area (Å²) in [6.07, 6.45) is 5.54. The van der Waals surface area contributed by atoms with Gasteiger partial charge in [0, 0.05) is 12.3 Å². The van der Waals surface area contributed by atoms with Crippen LogP contribution in [0.25, 0.3) is 16.8 Å². The molecule has 0 saturated carbocycles. The van der Waals surface area contributed by atoms with Crippen molar-refractivity contribution in [3.8, 4) is 11.5 Å². The van der Waals surface area contributed by atoms with Gasteiger partial charge in [0.25, 0.3) is 5.56 Å². The second kappa shape index (κ2) is 8.93. The summed E-state index contributed by atoms with van der Waals surface area (Å²) in [6.45, 7) is 4.66. The standard InChI is InChI=1S/C22H23ClN2O3/c1-4-5-10-28-20-12-16(7-8-19(20)27-3)11-17(23)18-13-22(26)25-14-15(2)6-9-21(25)24-18/h6-9,11-14H,4-5,10H2,1-3H3/b17-11-. The molecule has 0 aliphatic carbocycles. The summed E-state index contributed by atoms with van der Waals surface area (Å²) in [5.41, 5.74) is 2.63. The molecule has 6 heteroatoms. The molecule has 0 aliphatic rings. The molecule has 0 unspecified atom stereocenters. The van der Waals surface area contributed by atoms with E-state index in [0.717, 1.165) is 24.0 Å². The number of halogens is 1. The van der Waals surface area contributed by atoms with Gasteiger partial charge in [-0.2, -0.15) is 0 Å². The minimum atomic E-state index is -0.173. The molecule has 2 heterocycles. The second-order valence-electron chi connectivity index (χ2n) is 6.52. The van der Waals surface area contributed by atoms with Crippen LogP contribution in [0.1, 0.15) is 36.6 Å². The van der Waals surface area contributed by atoms with Crippen LogP contribution in [0.5, 0.6) is 11.5 Å². The number of ether oxygens (including phenoxy) is 2. The fourth-order valence-electron chi connectivity index (χ4n) is 2.77. The molecule has 3 aromatic rings. The van der Waals surface area contributed by atoms with E-state index in [9.17, 15) is 4.79 Å². The van der Waals surface area contributed by atoms with E-state index in [-0.39, 0.29) is 5.56 Å². The van der Waals surface area contributed by atoms with Gasteiger partial charge in [-0.25, -0.2) is 4.98 Å². The Hall–Kier alpha value is -2.79. The Kier molecular flexibility index (Phi) is 6.37. The van der Waals surface area contributed by atoms with Gasteiger partial charge in [0.2, 0.25) is 0 Å². The molecule has 0 atom stereocenters. The first-order chi connectivity index (χ1) is 13.5. The highest BCUT2D eigenvalue weighted by Crippen LogP contribution is 2.30. The zero-order valence-electron chi connectivity index (χ0n) is 16.2. The SMILES string of the molecule is CCCCOc1cc(/C=C(\Cl)c2cc(=O)n3cc(C)ccc3n2)ccc1OC. The zero-order valence-corrected chi connectivity index (χ0v) is 17.0. The van der Waals surface area contributed by atoms with E-state index in [1.165, 1.54) is 10.5 Å². The number of unbranched alkanes of at least 4 members (excludes halogenated alkanes) is 1. The highest BCUT2D eigenvalue weighted by atomic mass is 35.5. The monoisotopic (exact) mass is 398 g/mol. The number of hydrogen-bond acceptors (Lipinski definition) is 4. The largest absolute Gasteiger partial charge is 0.493 e. The molecule has 0 aliphatic heterocycles. The second-order valence-corrected chi connectivity index (χ2v) is 6.93. The van der Waals surface area contributed by atoms with E-state index in [2.05, 4.69) is 11.9 Å². The number of methoxy groups -OCH3 is 1. The predicted molar refractivity (Wildman–Crippen MR) is 113 cm³/mol. The Morgan fingerprint density at radius 1 is 1.21 bits per heavy atom. The minimum absolute atomic E-state index is 0.173. The van der Waals surface area contributed by atoms with Crippen molar-refractivity contribution < 1.29 is 9.47 Å². The number of rotatable bonds is 7.